The van der Waals surface area contributed by atoms with Gasteiger partial charge in [-0.25, -0.2) is 5.57 Å². The molecule has 1 unspecified atom stereocenters. The first-order valence-electron chi connectivity index (χ1n) is 8.86. The molecule has 0 saturated heterocycles. The van der Waals surface area contributed by atoms with Gasteiger partial charge in [-0.3, -0.25) is 6.08 Å². The van der Waals surface area contributed by atoms with Crippen molar-refractivity contribution in [2.75, 3.05) is 0 Å². The summed E-state index contributed by atoms with van der Waals surface area (Å²) in [6.45, 7) is 21.3. The second-order valence-electron chi connectivity index (χ2n) is 8.11. The molecule has 0 bridgehead atoms. The number of hydrogen-bond acceptors (Lipinski definition) is 1. The van der Waals surface area contributed by atoms with E-state index in [4.69, 9.17) is 0 Å². The van der Waals surface area contributed by atoms with Crippen molar-refractivity contribution >= 4 is 16.2 Å². The van der Waals surface area contributed by atoms with Gasteiger partial charge in [-0.15, -0.1) is 19.3 Å². The van der Waals surface area contributed by atoms with Crippen molar-refractivity contribution in [3.05, 3.63) is 52.1 Å². The van der Waals surface area contributed by atoms with Gasteiger partial charge in [0.25, 0.3) is 0 Å². The van der Waals surface area contributed by atoms with Gasteiger partial charge < -0.3 is 5.11 Å². The maximum Gasteiger partial charge on any atom is 0.116 e. The molecule has 3 heteroatoms. The van der Waals surface area contributed by atoms with Gasteiger partial charge in [0.15, 0.2) is 0 Å². The summed E-state index contributed by atoms with van der Waals surface area (Å²) >= 11 is 2.08. The molecule has 0 heterocycles. The Bertz CT molecular complexity index is 639. The van der Waals surface area contributed by atoms with Crippen LogP contribution in [0, 0.1) is 18.9 Å². The van der Waals surface area contributed by atoms with Gasteiger partial charge in [-0.05, 0) is 35.6 Å². The van der Waals surface area contributed by atoms with Crippen LogP contribution < -0.4 is 0 Å². The first-order chi connectivity index (χ1) is 11.3. The Morgan fingerprint density at radius 3 is 1.73 bits per heavy atom. The minimum Gasteiger partial charge on any atom is -0.508 e. The molecular weight excluding hydrogens is 376 g/mol. The Hall–Kier alpha value is -0.626. The summed E-state index contributed by atoms with van der Waals surface area (Å²) < 4.78 is 1.42. The molecule has 0 saturated carbocycles. The van der Waals surface area contributed by atoms with E-state index in [9.17, 15) is 5.11 Å². The van der Waals surface area contributed by atoms with Crippen LogP contribution >= 0.6 is 12.4 Å². The van der Waals surface area contributed by atoms with Crippen molar-refractivity contribution in [2.45, 2.75) is 74.7 Å². The van der Waals surface area contributed by atoms with Gasteiger partial charge in [0, 0.05) is 0 Å². The largest absolute Gasteiger partial charge is 0.508 e. The van der Waals surface area contributed by atoms with Crippen LogP contribution in [0.3, 0.4) is 0 Å². The number of benzene rings is 1. The van der Waals surface area contributed by atoms with Gasteiger partial charge in [-0.1, -0.05) is 53.5 Å². The maximum atomic E-state index is 9.36. The fraction of sp³-hybridized carbons (Fsp3) is 0.522. The van der Waals surface area contributed by atoms with E-state index in [2.05, 4.69) is 94.4 Å². The van der Waals surface area contributed by atoms with Gasteiger partial charge in [0.1, 0.15) is 5.75 Å². The Morgan fingerprint density at radius 1 is 1.04 bits per heavy atom. The van der Waals surface area contributed by atoms with E-state index in [0.29, 0.717) is 11.7 Å². The molecule has 1 atom stereocenters. The summed E-state index contributed by atoms with van der Waals surface area (Å²) in [5.41, 5.74) is 6.65. The summed E-state index contributed by atoms with van der Waals surface area (Å²) in [6.07, 6.45) is 3.36. The third-order valence-electron chi connectivity index (χ3n) is 4.16. The smallest absolute Gasteiger partial charge is 0.116 e. The Morgan fingerprint density at radius 2 is 1.50 bits per heavy atom. The summed E-state index contributed by atoms with van der Waals surface area (Å²) in [5, 5.41) is 9.36. The van der Waals surface area contributed by atoms with Crippen LogP contribution in [0.25, 0.3) is 0 Å². The SMILES string of the molecule is CC1=[C-]C(C)C(C)=C1C.C[C](C)=[Ti+].Cc1cc(O)cc(C(C)(C)C)c1.Cl. The number of phenols is 1. The molecular formula is C23H36ClOTi. The second kappa shape index (κ2) is 12.0. The molecule has 2 rings (SSSR count). The van der Waals surface area contributed by atoms with Crippen molar-refractivity contribution in [1.29, 1.82) is 0 Å². The molecule has 1 N–H and O–H groups in total. The van der Waals surface area contributed by atoms with Gasteiger partial charge >= 0.3 is 37.6 Å². The Labute approximate surface area is 179 Å². The number of aryl methyl sites for hydroxylation is 1. The average molecular weight is 412 g/mol. The fourth-order valence-electron chi connectivity index (χ4n) is 2.36. The molecule has 145 valence electrons. The van der Waals surface area contributed by atoms with E-state index < -0.39 is 0 Å². The number of hydrogen-bond donors (Lipinski definition) is 1. The zero-order valence-corrected chi connectivity index (χ0v) is 20.5. The van der Waals surface area contributed by atoms with E-state index >= 15 is 0 Å². The number of halogens is 1. The topological polar surface area (TPSA) is 20.2 Å². The Kier molecular flexibility index (Phi) is 12.7. The van der Waals surface area contributed by atoms with E-state index in [0.717, 1.165) is 5.56 Å². The Balaban J connectivity index is 0. The molecule has 0 aliphatic heterocycles. The van der Waals surface area contributed by atoms with Gasteiger partial charge in [0.05, 0.1) is 0 Å². The number of aromatic hydroxyl groups is 1. The first kappa shape index (κ1) is 27.6. The van der Waals surface area contributed by atoms with E-state index in [1.165, 1.54) is 26.1 Å². The molecule has 1 aromatic carbocycles. The zero-order chi connectivity index (χ0) is 19.9. The predicted molar refractivity (Wildman–Crippen MR) is 115 cm³/mol. The number of phenolic OH excluding ortho intramolecular Hbond substituents is 1. The third kappa shape index (κ3) is 10.5. The van der Waals surface area contributed by atoms with Crippen molar-refractivity contribution in [2.24, 2.45) is 5.92 Å². The summed E-state index contributed by atoms with van der Waals surface area (Å²) in [7, 11) is 0. The second-order valence-corrected chi connectivity index (χ2v) is 9.67. The van der Waals surface area contributed by atoms with Crippen molar-refractivity contribution < 1.29 is 25.1 Å². The number of rotatable bonds is 0. The van der Waals surface area contributed by atoms with E-state index in [1.807, 2.05) is 13.0 Å². The van der Waals surface area contributed by atoms with Crippen LogP contribution in [-0.2, 0) is 25.4 Å². The molecule has 1 nitrogen and oxygen atoms in total. The molecule has 0 spiro atoms. The van der Waals surface area contributed by atoms with Crippen molar-refractivity contribution in [3.63, 3.8) is 0 Å². The van der Waals surface area contributed by atoms with Crippen molar-refractivity contribution in [1.82, 2.24) is 0 Å². The van der Waals surface area contributed by atoms with Crippen LogP contribution in [0.15, 0.2) is 34.9 Å². The van der Waals surface area contributed by atoms with Gasteiger partial charge in [0.2, 0.25) is 0 Å². The zero-order valence-electron chi connectivity index (χ0n) is 18.2. The molecule has 26 heavy (non-hydrogen) atoms. The normalized spacial score (nSPS) is 15.8. The van der Waals surface area contributed by atoms with Crippen molar-refractivity contribution in [3.8, 4) is 5.75 Å². The molecule has 1 aliphatic rings. The molecule has 1 aliphatic carbocycles. The predicted octanol–water partition coefficient (Wildman–Crippen LogP) is 6.89. The minimum atomic E-state index is 0. The maximum absolute atomic E-state index is 9.36. The summed E-state index contributed by atoms with van der Waals surface area (Å²) in [6, 6.07) is 5.71. The first-order valence-corrected chi connectivity index (χ1v) is 9.64. The van der Waals surface area contributed by atoms with Gasteiger partial charge in [-0.2, -0.15) is 11.1 Å². The summed E-state index contributed by atoms with van der Waals surface area (Å²) in [4.78, 5) is 0. The standard InChI is InChI=1S/C11H16O.C9H13.C3H6.ClH.Ti/c1-8-5-9(11(2,3)4)7-10(12)6-8;1-6-5-7(2)9(4)8(6)3;1-3-2;;/h5-7,12H,1-4H3;6H,1-4H3;1-2H3;1H;/q;-1;;;+1. The number of allylic oxidation sites excluding steroid dienone is 4. The van der Waals surface area contributed by atoms with E-state index in [-0.39, 0.29) is 17.8 Å². The molecule has 0 aromatic heterocycles. The van der Waals surface area contributed by atoms with Crippen LogP contribution in [0.5, 0.6) is 5.75 Å². The van der Waals surface area contributed by atoms with E-state index in [1.54, 1.807) is 6.07 Å². The third-order valence-corrected chi connectivity index (χ3v) is 4.16. The monoisotopic (exact) mass is 411 g/mol. The van der Waals surface area contributed by atoms with Crippen LogP contribution in [0.1, 0.15) is 73.4 Å². The molecule has 0 fully saturated rings. The average Bonchev–Trinajstić information content (AvgIpc) is 2.63. The molecule has 0 amide bonds. The quantitative estimate of drug-likeness (QED) is 0.364. The summed E-state index contributed by atoms with van der Waals surface area (Å²) in [5.74, 6) is 0.921. The minimum absolute atomic E-state index is 0. The molecule has 1 aromatic rings. The van der Waals surface area contributed by atoms with Crippen LogP contribution in [0.2, 0.25) is 0 Å². The van der Waals surface area contributed by atoms with Crippen LogP contribution in [-0.4, -0.2) is 8.92 Å². The van der Waals surface area contributed by atoms with Crippen LogP contribution in [0.4, 0.5) is 0 Å². The molecule has 0 radical (unpaired) electrons. The fourth-order valence-corrected chi connectivity index (χ4v) is 2.36.